The van der Waals surface area contributed by atoms with E-state index in [-0.39, 0.29) is 11.8 Å². The summed E-state index contributed by atoms with van der Waals surface area (Å²) in [6, 6.07) is 5.85. The summed E-state index contributed by atoms with van der Waals surface area (Å²) in [5, 5.41) is 5.79. The molecule has 1 aromatic carbocycles. The zero-order chi connectivity index (χ0) is 17.7. The molecule has 130 valence electrons. The van der Waals surface area contributed by atoms with Crippen molar-refractivity contribution in [3.8, 4) is 0 Å². The van der Waals surface area contributed by atoms with Crippen molar-refractivity contribution in [1.29, 1.82) is 0 Å². The van der Waals surface area contributed by atoms with E-state index in [4.69, 9.17) is 16.1 Å². The molecule has 0 unspecified atom stereocenters. The monoisotopic (exact) mass is 357 g/mol. The second kappa shape index (κ2) is 5.92. The molecule has 1 amide bonds. The number of H-pyrrole nitrogens is 1. The van der Waals surface area contributed by atoms with Crippen LogP contribution in [0.15, 0.2) is 22.7 Å². The average molecular weight is 358 g/mol. The number of nitrogens with one attached hydrogen (secondary N) is 1. The predicted molar refractivity (Wildman–Crippen MR) is 96.8 cm³/mol. The number of amides is 1. The third-order valence-corrected chi connectivity index (χ3v) is 5.38. The quantitative estimate of drug-likeness (QED) is 0.750. The van der Waals surface area contributed by atoms with Crippen LogP contribution in [0.3, 0.4) is 0 Å². The van der Waals surface area contributed by atoms with Crippen LogP contribution in [-0.4, -0.2) is 27.5 Å². The summed E-state index contributed by atoms with van der Waals surface area (Å²) in [4.78, 5) is 18.4. The Bertz CT molecular complexity index is 953. The molecule has 0 saturated carbocycles. The summed E-state index contributed by atoms with van der Waals surface area (Å²) in [7, 11) is 0. The fraction of sp³-hybridized carbons (Fsp3) is 0.368. The molecular formula is C19H20ClN3O2. The van der Waals surface area contributed by atoms with E-state index in [9.17, 15) is 4.79 Å². The molecular weight excluding hydrogens is 338 g/mol. The van der Waals surface area contributed by atoms with E-state index in [0.29, 0.717) is 18.1 Å². The molecule has 6 heteroatoms. The van der Waals surface area contributed by atoms with Gasteiger partial charge in [0.1, 0.15) is 5.76 Å². The minimum Gasteiger partial charge on any atom is -0.361 e. The van der Waals surface area contributed by atoms with Crippen LogP contribution in [0.25, 0.3) is 10.9 Å². The van der Waals surface area contributed by atoms with Gasteiger partial charge in [-0.1, -0.05) is 16.8 Å². The van der Waals surface area contributed by atoms with Crippen LogP contribution in [-0.2, 0) is 17.8 Å². The highest BCUT2D eigenvalue weighted by Gasteiger charge is 2.30. The van der Waals surface area contributed by atoms with Crippen LogP contribution in [0.2, 0.25) is 5.02 Å². The van der Waals surface area contributed by atoms with Gasteiger partial charge in [0.2, 0.25) is 5.91 Å². The maximum Gasteiger partial charge on any atom is 0.230 e. The van der Waals surface area contributed by atoms with Crippen LogP contribution in [0, 0.1) is 13.8 Å². The molecule has 0 radical (unpaired) electrons. The van der Waals surface area contributed by atoms with Gasteiger partial charge in [0.15, 0.2) is 0 Å². The minimum atomic E-state index is -0.262. The Morgan fingerprint density at radius 1 is 1.40 bits per heavy atom. The fourth-order valence-corrected chi connectivity index (χ4v) is 4.05. The first-order valence-corrected chi connectivity index (χ1v) is 8.84. The Hall–Kier alpha value is -2.27. The Balaban J connectivity index is 1.64. The molecule has 0 spiro atoms. The number of aryl methyl sites for hydroxylation is 2. The number of hydrogen-bond donors (Lipinski definition) is 1. The first kappa shape index (κ1) is 16.2. The number of aromatic nitrogens is 2. The zero-order valence-electron chi connectivity index (χ0n) is 14.5. The number of carbonyl (C=O) groups excluding carboxylic acids is 1. The normalized spacial score (nSPS) is 15.4. The van der Waals surface area contributed by atoms with Crippen LogP contribution in [0.1, 0.15) is 41.1 Å². The van der Waals surface area contributed by atoms with Crippen molar-refractivity contribution >= 4 is 28.4 Å². The third-order valence-electron chi connectivity index (χ3n) is 5.14. The van der Waals surface area contributed by atoms with Gasteiger partial charge in [0, 0.05) is 52.3 Å². The summed E-state index contributed by atoms with van der Waals surface area (Å²) in [5.74, 6) is 0.563. The van der Waals surface area contributed by atoms with E-state index < -0.39 is 0 Å². The summed E-state index contributed by atoms with van der Waals surface area (Å²) in [6.07, 6.45) is 0.821. The first-order valence-electron chi connectivity index (χ1n) is 8.46. The van der Waals surface area contributed by atoms with E-state index >= 15 is 0 Å². The molecule has 1 atom stereocenters. The number of fused-ring (bicyclic) bond motifs is 3. The number of rotatable bonds is 2. The number of benzene rings is 1. The number of aromatic amines is 1. The molecule has 25 heavy (non-hydrogen) atoms. The number of nitrogens with zero attached hydrogens (tertiary/aromatic N) is 2. The molecule has 2 aromatic heterocycles. The van der Waals surface area contributed by atoms with Gasteiger partial charge in [-0.3, -0.25) is 4.79 Å². The first-order chi connectivity index (χ1) is 12.0. The van der Waals surface area contributed by atoms with E-state index in [1.54, 1.807) is 0 Å². The highest BCUT2D eigenvalue weighted by atomic mass is 35.5. The lowest BCUT2D eigenvalue weighted by molar-refractivity contribution is -0.133. The maximum absolute atomic E-state index is 13.1. The average Bonchev–Trinajstić information content (AvgIpc) is 3.12. The lowest BCUT2D eigenvalue weighted by atomic mass is 9.96. The van der Waals surface area contributed by atoms with Crippen molar-refractivity contribution in [1.82, 2.24) is 15.0 Å². The molecule has 0 saturated heterocycles. The lowest BCUT2D eigenvalue weighted by Gasteiger charge is -2.29. The summed E-state index contributed by atoms with van der Waals surface area (Å²) in [6.45, 7) is 6.97. The van der Waals surface area contributed by atoms with Gasteiger partial charge >= 0.3 is 0 Å². The van der Waals surface area contributed by atoms with Crippen molar-refractivity contribution in [3.05, 3.63) is 51.5 Å². The molecule has 1 aliphatic heterocycles. The summed E-state index contributed by atoms with van der Waals surface area (Å²) < 4.78 is 5.23. The van der Waals surface area contributed by atoms with Crippen molar-refractivity contribution in [2.45, 2.75) is 39.7 Å². The van der Waals surface area contributed by atoms with Gasteiger partial charge < -0.3 is 14.4 Å². The van der Waals surface area contributed by atoms with Gasteiger partial charge in [0.05, 0.1) is 11.6 Å². The van der Waals surface area contributed by atoms with Crippen LogP contribution in [0.5, 0.6) is 0 Å². The molecule has 3 heterocycles. The smallest absolute Gasteiger partial charge is 0.230 e. The van der Waals surface area contributed by atoms with Crippen LogP contribution < -0.4 is 0 Å². The lowest BCUT2D eigenvalue weighted by Crippen LogP contribution is -2.38. The molecule has 0 fully saturated rings. The Kier molecular flexibility index (Phi) is 3.84. The Morgan fingerprint density at radius 2 is 2.20 bits per heavy atom. The molecule has 0 bridgehead atoms. The van der Waals surface area contributed by atoms with Crippen molar-refractivity contribution < 1.29 is 9.32 Å². The third kappa shape index (κ3) is 2.63. The minimum absolute atomic E-state index is 0.108. The van der Waals surface area contributed by atoms with E-state index in [1.165, 1.54) is 11.3 Å². The van der Waals surface area contributed by atoms with E-state index in [2.05, 4.69) is 10.1 Å². The molecule has 5 nitrogen and oxygen atoms in total. The van der Waals surface area contributed by atoms with Crippen LogP contribution >= 0.6 is 11.6 Å². The predicted octanol–water partition coefficient (Wildman–Crippen LogP) is 4.11. The molecule has 3 aromatic rings. The topological polar surface area (TPSA) is 62.1 Å². The van der Waals surface area contributed by atoms with Gasteiger partial charge in [-0.15, -0.1) is 0 Å². The van der Waals surface area contributed by atoms with Crippen molar-refractivity contribution in [3.63, 3.8) is 0 Å². The second-order valence-electron chi connectivity index (χ2n) is 6.74. The van der Waals surface area contributed by atoms with E-state index in [1.807, 2.05) is 43.9 Å². The molecule has 4 rings (SSSR count). The van der Waals surface area contributed by atoms with Crippen LogP contribution in [0.4, 0.5) is 0 Å². The highest BCUT2D eigenvalue weighted by Crippen LogP contribution is 2.32. The fourth-order valence-electron chi connectivity index (χ4n) is 3.88. The summed E-state index contributed by atoms with van der Waals surface area (Å²) in [5.41, 5.74) is 5.13. The van der Waals surface area contributed by atoms with E-state index in [0.717, 1.165) is 34.3 Å². The van der Waals surface area contributed by atoms with Crippen molar-refractivity contribution in [2.24, 2.45) is 0 Å². The standard InChI is InChI=1S/C19H20ClN3O2/c1-10(18-11(2)22-25-12(18)3)19(24)23-7-6-17-15(9-23)14-8-13(20)4-5-16(14)21-17/h4-5,8,10,21H,6-7,9H2,1-3H3/t10-/m0/s1. The Labute approximate surface area is 150 Å². The zero-order valence-corrected chi connectivity index (χ0v) is 15.3. The van der Waals surface area contributed by atoms with Gasteiger partial charge in [0.25, 0.3) is 0 Å². The molecule has 1 aliphatic rings. The number of halogens is 1. The Morgan fingerprint density at radius 3 is 2.92 bits per heavy atom. The molecule has 1 N–H and O–H groups in total. The van der Waals surface area contributed by atoms with Gasteiger partial charge in [-0.25, -0.2) is 0 Å². The largest absolute Gasteiger partial charge is 0.361 e. The van der Waals surface area contributed by atoms with Gasteiger partial charge in [-0.05, 0) is 39.0 Å². The second-order valence-corrected chi connectivity index (χ2v) is 7.18. The van der Waals surface area contributed by atoms with Gasteiger partial charge in [-0.2, -0.15) is 0 Å². The maximum atomic E-state index is 13.1. The van der Waals surface area contributed by atoms with Crippen molar-refractivity contribution in [2.75, 3.05) is 6.54 Å². The SMILES string of the molecule is Cc1noc(C)c1[C@H](C)C(=O)N1CCc2[nH]c3ccc(Cl)cc3c2C1. The number of hydrogen-bond acceptors (Lipinski definition) is 3. The summed E-state index contributed by atoms with van der Waals surface area (Å²) >= 11 is 6.16. The number of carbonyl (C=O) groups is 1. The highest BCUT2D eigenvalue weighted by molar-refractivity contribution is 6.31. The molecule has 0 aliphatic carbocycles.